The smallest absolute Gasteiger partial charge is 0.269 e. The molecule has 0 atom stereocenters. The summed E-state index contributed by atoms with van der Waals surface area (Å²) in [7, 11) is 0. The van der Waals surface area contributed by atoms with E-state index in [-0.39, 0.29) is 29.5 Å². The number of nitro groups is 1. The number of benzene rings is 2. The van der Waals surface area contributed by atoms with E-state index in [0.29, 0.717) is 16.9 Å². The fraction of sp³-hybridized carbons (Fsp3) is 0.0952. The first-order valence-corrected chi connectivity index (χ1v) is 9.26. The second-order valence-corrected chi connectivity index (χ2v) is 6.66. The summed E-state index contributed by atoms with van der Waals surface area (Å²) in [6.07, 6.45) is 2.94. The monoisotopic (exact) mass is 423 g/mol. The highest BCUT2D eigenvalue weighted by atomic mass is 32.1. The molecule has 0 aliphatic carbocycles. The standard InChI is InChI=1S/C21H17N3O5S/c1-2-10-23-20(26)17(19(25)22-21(23)30)12-15-7-3-4-9-18(15)29-13-14-6-5-8-16(11-14)24(27)28/h2-9,11-12H,1,10,13H2,(H,22,25,30)/b17-12+. The molecule has 0 radical (unpaired) electrons. The van der Waals surface area contributed by atoms with Crippen LogP contribution in [0.5, 0.6) is 5.75 Å². The first-order chi connectivity index (χ1) is 14.4. The number of amides is 2. The third kappa shape index (κ3) is 4.58. The van der Waals surface area contributed by atoms with E-state index in [0.717, 1.165) is 0 Å². The Kier molecular flexibility index (Phi) is 6.33. The van der Waals surface area contributed by atoms with E-state index >= 15 is 0 Å². The fourth-order valence-electron chi connectivity index (χ4n) is 2.80. The van der Waals surface area contributed by atoms with Crippen LogP contribution in [0.3, 0.4) is 0 Å². The molecule has 1 aliphatic rings. The van der Waals surface area contributed by atoms with E-state index in [1.165, 1.54) is 29.2 Å². The van der Waals surface area contributed by atoms with E-state index in [9.17, 15) is 19.7 Å². The molecule has 0 bridgehead atoms. The van der Waals surface area contributed by atoms with Gasteiger partial charge in [0.05, 0.1) is 4.92 Å². The molecule has 0 saturated carbocycles. The minimum absolute atomic E-state index is 0.0252. The molecule has 2 amide bonds. The molecule has 1 fully saturated rings. The van der Waals surface area contributed by atoms with Gasteiger partial charge in [0.15, 0.2) is 5.11 Å². The lowest BCUT2D eigenvalue weighted by Crippen LogP contribution is -2.53. The van der Waals surface area contributed by atoms with Crippen molar-refractivity contribution in [1.29, 1.82) is 0 Å². The molecule has 1 heterocycles. The van der Waals surface area contributed by atoms with Gasteiger partial charge in [0.25, 0.3) is 17.5 Å². The van der Waals surface area contributed by atoms with Gasteiger partial charge in [-0.1, -0.05) is 36.4 Å². The Morgan fingerprint density at radius 2 is 1.97 bits per heavy atom. The number of nitrogens with one attached hydrogen (secondary N) is 1. The Morgan fingerprint density at radius 3 is 2.70 bits per heavy atom. The lowest BCUT2D eigenvalue weighted by atomic mass is 10.1. The molecular weight excluding hydrogens is 406 g/mol. The van der Waals surface area contributed by atoms with Gasteiger partial charge >= 0.3 is 0 Å². The predicted molar refractivity (Wildman–Crippen MR) is 114 cm³/mol. The lowest BCUT2D eigenvalue weighted by molar-refractivity contribution is -0.384. The van der Waals surface area contributed by atoms with Crippen LogP contribution in [0, 0.1) is 10.1 Å². The number of hydrogen-bond acceptors (Lipinski definition) is 6. The highest BCUT2D eigenvalue weighted by Crippen LogP contribution is 2.24. The molecule has 0 aromatic heterocycles. The summed E-state index contributed by atoms with van der Waals surface area (Å²) in [5.41, 5.74) is 1.000. The Bertz CT molecular complexity index is 1080. The van der Waals surface area contributed by atoms with Crippen molar-refractivity contribution in [2.24, 2.45) is 0 Å². The third-order valence-corrected chi connectivity index (χ3v) is 4.55. The first kappa shape index (κ1) is 20.9. The third-order valence-electron chi connectivity index (χ3n) is 4.23. The number of nitro benzene ring substituents is 1. The predicted octanol–water partition coefficient (Wildman–Crippen LogP) is 2.99. The topological polar surface area (TPSA) is 102 Å². The van der Waals surface area contributed by atoms with Gasteiger partial charge in [-0.15, -0.1) is 6.58 Å². The van der Waals surface area contributed by atoms with Gasteiger partial charge in [-0.3, -0.25) is 29.9 Å². The molecular formula is C21H17N3O5S. The van der Waals surface area contributed by atoms with E-state index < -0.39 is 16.7 Å². The van der Waals surface area contributed by atoms with Crippen molar-refractivity contribution in [2.75, 3.05) is 6.54 Å². The zero-order chi connectivity index (χ0) is 21.7. The number of carbonyl (C=O) groups excluding carboxylic acids is 2. The fourth-order valence-corrected chi connectivity index (χ4v) is 3.05. The lowest BCUT2D eigenvalue weighted by Gasteiger charge is -2.27. The molecule has 8 nitrogen and oxygen atoms in total. The highest BCUT2D eigenvalue weighted by molar-refractivity contribution is 7.80. The van der Waals surface area contributed by atoms with Crippen molar-refractivity contribution in [1.82, 2.24) is 10.2 Å². The molecule has 1 N–H and O–H groups in total. The van der Waals surface area contributed by atoms with Crippen LogP contribution in [0.15, 0.2) is 66.8 Å². The molecule has 0 spiro atoms. The van der Waals surface area contributed by atoms with Gasteiger partial charge in [-0.25, -0.2) is 0 Å². The Labute approximate surface area is 177 Å². The van der Waals surface area contributed by atoms with E-state index in [1.807, 2.05) is 0 Å². The summed E-state index contributed by atoms with van der Waals surface area (Å²) in [4.78, 5) is 36.7. The zero-order valence-electron chi connectivity index (χ0n) is 15.7. The second kappa shape index (κ2) is 9.10. The number of para-hydroxylation sites is 1. The van der Waals surface area contributed by atoms with Gasteiger partial charge in [0.2, 0.25) is 0 Å². The molecule has 2 aromatic rings. The summed E-state index contributed by atoms with van der Waals surface area (Å²) >= 11 is 5.04. The summed E-state index contributed by atoms with van der Waals surface area (Å²) in [6, 6.07) is 13.0. The largest absolute Gasteiger partial charge is 0.488 e. The van der Waals surface area contributed by atoms with Gasteiger partial charge in [-0.2, -0.15) is 0 Å². The SMILES string of the molecule is C=CCN1C(=O)/C(=C/c2ccccc2OCc2cccc([N+](=O)[O-])c2)C(=O)NC1=S. The average molecular weight is 423 g/mol. The minimum atomic E-state index is -0.598. The molecule has 1 aliphatic heterocycles. The van der Waals surface area contributed by atoms with Crippen LogP contribution >= 0.6 is 12.2 Å². The second-order valence-electron chi connectivity index (χ2n) is 6.28. The molecule has 0 unspecified atom stereocenters. The summed E-state index contributed by atoms with van der Waals surface area (Å²) < 4.78 is 5.80. The van der Waals surface area contributed by atoms with Crippen molar-refractivity contribution in [3.05, 3.63) is 88.0 Å². The van der Waals surface area contributed by atoms with Crippen molar-refractivity contribution in [2.45, 2.75) is 6.61 Å². The molecule has 2 aromatic carbocycles. The Balaban J connectivity index is 1.86. The van der Waals surface area contributed by atoms with Crippen molar-refractivity contribution >= 4 is 40.9 Å². The quantitative estimate of drug-likeness (QED) is 0.183. The molecule has 3 rings (SSSR count). The van der Waals surface area contributed by atoms with Crippen LogP contribution in [-0.4, -0.2) is 33.3 Å². The van der Waals surface area contributed by atoms with Crippen molar-refractivity contribution < 1.29 is 19.2 Å². The van der Waals surface area contributed by atoms with Gasteiger partial charge < -0.3 is 4.74 Å². The van der Waals surface area contributed by atoms with Crippen LogP contribution in [0.4, 0.5) is 5.69 Å². The summed E-state index contributed by atoms with van der Waals surface area (Å²) in [5.74, 6) is -0.712. The summed E-state index contributed by atoms with van der Waals surface area (Å²) in [5, 5.41) is 13.4. The molecule has 30 heavy (non-hydrogen) atoms. The zero-order valence-corrected chi connectivity index (χ0v) is 16.6. The van der Waals surface area contributed by atoms with Crippen LogP contribution in [-0.2, 0) is 16.2 Å². The van der Waals surface area contributed by atoms with Crippen LogP contribution in [0.2, 0.25) is 0 Å². The van der Waals surface area contributed by atoms with E-state index in [4.69, 9.17) is 17.0 Å². The van der Waals surface area contributed by atoms with Crippen LogP contribution in [0.1, 0.15) is 11.1 Å². The number of thiocarbonyl (C=S) groups is 1. The van der Waals surface area contributed by atoms with Crippen molar-refractivity contribution in [3.63, 3.8) is 0 Å². The van der Waals surface area contributed by atoms with Crippen LogP contribution < -0.4 is 10.1 Å². The number of ether oxygens (including phenoxy) is 1. The number of carbonyl (C=O) groups is 2. The minimum Gasteiger partial charge on any atom is -0.488 e. The van der Waals surface area contributed by atoms with Crippen molar-refractivity contribution in [3.8, 4) is 5.75 Å². The maximum atomic E-state index is 12.7. The maximum Gasteiger partial charge on any atom is 0.269 e. The molecule has 9 heteroatoms. The molecule has 152 valence electrons. The van der Waals surface area contributed by atoms with E-state index in [1.54, 1.807) is 36.4 Å². The summed E-state index contributed by atoms with van der Waals surface area (Å²) in [6.45, 7) is 3.83. The number of non-ortho nitro benzene ring substituents is 1. The number of nitrogens with zero attached hydrogens (tertiary/aromatic N) is 2. The normalized spacial score (nSPS) is 15.1. The first-order valence-electron chi connectivity index (χ1n) is 8.85. The van der Waals surface area contributed by atoms with Crippen LogP contribution in [0.25, 0.3) is 6.08 Å². The number of rotatable bonds is 7. The highest BCUT2D eigenvalue weighted by Gasteiger charge is 2.32. The maximum absolute atomic E-state index is 12.7. The molecule has 1 saturated heterocycles. The Morgan fingerprint density at radius 1 is 1.20 bits per heavy atom. The van der Waals surface area contributed by atoms with Gasteiger partial charge in [0.1, 0.15) is 17.9 Å². The van der Waals surface area contributed by atoms with E-state index in [2.05, 4.69) is 11.9 Å². The number of hydrogen-bond donors (Lipinski definition) is 1. The van der Waals surface area contributed by atoms with Gasteiger partial charge in [-0.05, 0) is 29.9 Å². The Hall–Kier alpha value is -3.85. The average Bonchev–Trinajstić information content (AvgIpc) is 2.73. The van der Waals surface area contributed by atoms with Gasteiger partial charge in [0, 0.05) is 24.2 Å².